The maximum absolute atomic E-state index is 11.7. The van der Waals surface area contributed by atoms with Crippen molar-refractivity contribution in [1.82, 2.24) is 0 Å². The molecule has 0 atom stereocenters. The zero-order valence-electron chi connectivity index (χ0n) is 14.0. The van der Waals surface area contributed by atoms with Gasteiger partial charge in [0.05, 0.1) is 0 Å². The van der Waals surface area contributed by atoms with Crippen LogP contribution in [0.3, 0.4) is 0 Å². The van der Waals surface area contributed by atoms with Crippen LogP contribution in [-0.4, -0.2) is 29.1 Å². The minimum atomic E-state index is -2.33. The van der Waals surface area contributed by atoms with Gasteiger partial charge in [-0.05, 0) is 22.8 Å². The van der Waals surface area contributed by atoms with Crippen molar-refractivity contribution in [3.8, 4) is 0 Å². The normalized spacial score (nSPS) is 10.3. The molecular formula is C21H21O3P. The van der Waals surface area contributed by atoms with Crippen LogP contribution < -0.4 is 15.9 Å². The van der Waals surface area contributed by atoms with Crippen molar-refractivity contribution in [3.05, 3.63) is 91.0 Å². The second-order valence-corrected chi connectivity index (χ2v) is 8.45. The van der Waals surface area contributed by atoms with Gasteiger partial charge in [-0.2, -0.15) is 0 Å². The van der Waals surface area contributed by atoms with Gasteiger partial charge >= 0.3 is 5.97 Å². The Morgan fingerprint density at radius 2 is 0.960 bits per heavy atom. The van der Waals surface area contributed by atoms with Crippen LogP contribution in [-0.2, 0) is 4.79 Å². The predicted octanol–water partition coefficient (Wildman–Crippen LogP) is 2.48. The summed E-state index contributed by atoms with van der Waals surface area (Å²) in [4.78, 5) is 11.7. The Kier molecular flexibility index (Phi) is 6.76. The molecule has 0 aliphatic carbocycles. The van der Waals surface area contributed by atoms with Crippen LogP contribution in [0.25, 0.3) is 0 Å². The molecular weight excluding hydrogens is 331 g/mol. The monoisotopic (exact) mass is 352 g/mol. The highest BCUT2D eigenvalue weighted by Gasteiger charge is 2.25. The van der Waals surface area contributed by atoms with E-state index in [1.807, 2.05) is 91.0 Å². The van der Waals surface area contributed by atoms with Crippen LogP contribution in [0.2, 0.25) is 0 Å². The highest BCUT2D eigenvalue weighted by Crippen LogP contribution is 2.43. The summed E-state index contributed by atoms with van der Waals surface area (Å²) in [6, 6.07) is 29.8. The van der Waals surface area contributed by atoms with Gasteiger partial charge in [-0.1, -0.05) is 91.0 Å². The Hall–Kier alpha value is -2.61. The molecule has 2 N–H and O–H groups in total. The van der Waals surface area contributed by atoms with Gasteiger partial charge in [0.2, 0.25) is 0 Å². The number of carboxylic acids is 1. The molecule has 0 saturated heterocycles. The number of rotatable bonds is 4. The Morgan fingerprint density at radius 1 is 0.680 bits per heavy atom. The van der Waals surface area contributed by atoms with Crippen LogP contribution >= 0.6 is 6.89 Å². The van der Waals surface area contributed by atoms with Gasteiger partial charge in [-0.15, -0.1) is 0 Å². The Labute approximate surface area is 148 Å². The molecule has 0 aliphatic heterocycles. The quantitative estimate of drug-likeness (QED) is 0.710. The summed E-state index contributed by atoms with van der Waals surface area (Å²) in [6.45, 7) is -2.33. The highest BCUT2D eigenvalue weighted by atomic mass is 31.2. The van der Waals surface area contributed by atoms with Crippen molar-refractivity contribution in [3.63, 3.8) is 0 Å². The number of aliphatic hydroxyl groups is 1. The molecule has 0 unspecified atom stereocenters. The molecule has 128 valence electrons. The molecule has 0 amide bonds. The van der Waals surface area contributed by atoms with Crippen molar-refractivity contribution in [2.75, 3.05) is 7.11 Å². The topological polar surface area (TPSA) is 57.5 Å². The first-order valence-corrected chi connectivity index (χ1v) is 9.68. The van der Waals surface area contributed by atoms with Gasteiger partial charge < -0.3 is 10.2 Å². The van der Waals surface area contributed by atoms with E-state index >= 15 is 0 Å². The lowest BCUT2D eigenvalue weighted by Gasteiger charge is -2.27. The lowest BCUT2D eigenvalue weighted by atomic mass is 10.4. The molecule has 3 aromatic rings. The summed E-state index contributed by atoms with van der Waals surface area (Å²) in [5.74, 6) is 0.599. The maximum atomic E-state index is 11.7. The van der Waals surface area contributed by atoms with E-state index in [0.717, 1.165) is 23.0 Å². The van der Waals surface area contributed by atoms with Crippen LogP contribution in [0.5, 0.6) is 0 Å². The molecule has 0 aromatic heterocycles. The summed E-state index contributed by atoms with van der Waals surface area (Å²) in [7, 11) is 1.00. The van der Waals surface area contributed by atoms with Gasteiger partial charge in [0.1, 0.15) is 0 Å². The molecule has 0 saturated carbocycles. The van der Waals surface area contributed by atoms with Crippen molar-refractivity contribution in [2.45, 2.75) is 0 Å². The van der Waals surface area contributed by atoms with E-state index in [2.05, 4.69) is 0 Å². The van der Waals surface area contributed by atoms with Gasteiger partial charge in [-0.3, -0.25) is 0 Å². The van der Waals surface area contributed by atoms with Crippen LogP contribution in [0.4, 0.5) is 0 Å². The van der Waals surface area contributed by atoms with E-state index in [9.17, 15) is 9.90 Å². The average Bonchev–Trinajstić information content (AvgIpc) is 2.69. The molecule has 3 nitrogen and oxygen atoms in total. The fourth-order valence-corrected chi connectivity index (χ4v) is 6.43. The van der Waals surface area contributed by atoms with E-state index in [1.165, 1.54) is 5.80 Å². The lowest BCUT2D eigenvalue weighted by molar-refractivity contribution is -0.128. The summed E-state index contributed by atoms with van der Waals surface area (Å²) in [6.07, 6.45) is 0. The molecule has 25 heavy (non-hydrogen) atoms. The van der Waals surface area contributed by atoms with E-state index in [1.54, 1.807) is 0 Å². The number of hydrogen-bond donors (Lipinski definition) is 2. The van der Waals surface area contributed by atoms with Gasteiger partial charge in [0.25, 0.3) is 0 Å². The molecule has 3 rings (SSSR count). The number of carboxylic acid groups (broad SMARTS) is 1. The smallest absolute Gasteiger partial charge is 0.329 e. The fourth-order valence-electron chi connectivity index (χ4n) is 2.83. The highest BCUT2D eigenvalue weighted by molar-refractivity contribution is 7.95. The number of aliphatic hydroxyl groups excluding tert-OH is 1. The van der Waals surface area contributed by atoms with E-state index in [0.29, 0.717) is 0 Å². The van der Waals surface area contributed by atoms with Crippen molar-refractivity contribution in [2.24, 2.45) is 0 Å². The average molecular weight is 352 g/mol. The van der Waals surface area contributed by atoms with Crippen LogP contribution in [0, 0.1) is 0 Å². The Bertz CT molecular complexity index is 741. The van der Waals surface area contributed by atoms with Crippen molar-refractivity contribution >= 4 is 34.6 Å². The van der Waals surface area contributed by atoms with Gasteiger partial charge in [0, 0.05) is 12.9 Å². The second kappa shape index (κ2) is 9.03. The third-order valence-corrected chi connectivity index (χ3v) is 7.74. The first kappa shape index (κ1) is 18.7. The molecule has 0 spiro atoms. The van der Waals surface area contributed by atoms with Gasteiger partial charge in [-0.25, -0.2) is 4.79 Å². The van der Waals surface area contributed by atoms with E-state index < -0.39 is 12.9 Å². The number of aliphatic carboxylic acids is 1. The number of carbonyl (C=O) groups is 1. The number of hydrogen-bond acceptors (Lipinski definition) is 2. The largest absolute Gasteiger partial charge is 0.478 e. The predicted molar refractivity (Wildman–Crippen MR) is 107 cm³/mol. The minimum absolute atomic E-state index is 0.894. The third-order valence-electron chi connectivity index (χ3n) is 3.79. The standard InChI is InChI=1S/C20H17O2P.CH4O/c21-20(22)16-23(17-10-4-1-5-11-17,18-12-6-2-7-13-18)19-14-8-3-9-15-19;1-2/h1-16H,(H,21,22);2H,1H3. The third kappa shape index (κ3) is 4.08. The minimum Gasteiger partial charge on any atom is -0.478 e. The lowest BCUT2D eigenvalue weighted by Crippen LogP contribution is -2.28. The summed E-state index contributed by atoms with van der Waals surface area (Å²) >= 11 is 0. The zero-order valence-corrected chi connectivity index (χ0v) is 14.9. The Balaban J connectivity index is 0.00000109. The zero-order chi connectivity index (χ0) is 18.1. The first-order valence-electron chi connectivity index (χ1n) is 7.82. The molecule has 3 aromatic carbocycles. The van der Waals surface area contributed by atoms with E-state index in [-0.39, 0.29) is 0 Å². The van der Waals surface area contributed by atoms with Crippen LogP contribution in [0.1, 0.15) is 0 Å². The maximum Gasteiger partial charge on any atom is 0.329 e. The van der Waals surface area contributed by atoms with Crippen molar-refractivity contribution in [1.29, 1.82) is 0 Å². The van der Waals surface area contributed by atoms with Gasteiger partial charge in [0.15, 0.2) is 0 Å². The summed E-state index contributed by atoms with van der Waals surface area (Å²) < 4.78 is 0. The molecule has 0 fully saturated rings. The summed E-state index contributed by atoms with van der Waals surface area (Å²) in [5, 5.41) is 19.7. The van der Waals surface area contributed by atoms with E-state index in [4.69, 9.17) is 5.11 Å². The molecule has 0 heterocycles. The molecule has 0 bridgehead atoms. The first-order chi connectivity index (χ1) is 12.2. The Morgan fingerprint density at radius 3 is 1.20 bits per heavy atom. The number of benzene rings is 3. The molecule has 4 heteroatoms. The van der Waals surface area contributed by atoms with Crippen LogP contribution in [0.15, 0.2) is 91.0 Å². The molecule has 0 radical (unpaired) electrons. The van der Waals surface area contributed by atoms with Crippen molar-refractivity contribution < 1.29 is 15.0 Å². The second-order valence-electron chi connectivity index (χ2n) is 5.20. The SMILES string of the molecule is CO.O=C(O)C=P(c1ccccc1)(c1ccccc1)c1ccccc1. The molecule has 0 aliphatic rings. The fraction of sp³-hybridized carbons (Fsp3) is 0.0476. The summed E-state index contributed by atoms with van der Waals surface area (Å²) in [5.41, 5.74) is 0.